The van der Waals surface area contributed by atoms with Gasteiger partial charge in [0.05, 0.1) is 0 Å². The number of halogens is 1. The van der Waals surface area contributed by atoms with Crippen LogP contribution in [-0.2, 0) is 0 Å². The molecule has 1 aromatic heterocycles. The van der Waals surface area contributed by atoms with Crippen molar-refractivity contribution in [3.63, 3.8) is 0 Å². The zero-order valence-corrected chi connectivity index (χ0v) is 9.67. The van der Waals surface area contributed by atoms with Gasteiger partial charge in [0.1, 0.15) is 0 Å². The molecule has 0 saturated carbocycles. The Morgan fingerprint density at radius 3 is 2.73 bits per heavy atom. The molecule has 2 heterocycles. The summed E-state index contributed by atoms with van der Waals surface area (Å²) in [5.41, 5.74) is -0.0731. The van der Waals surface area contributed by atoms with Crippen LogP contribution in [0.15, 0.2) is 16.5 Å². The lowest BCUT2D eigenvalue weighted by Gasteiger charge is -2.30. The van der Waals surface area contributed by atoms with Crippen molar-refractivity contribution >= 4 is 17.5 Å². The second kappa shape index (κ2) is 3.56. The Balaban J connectivity index is 2.21. The third-order valence-corrected chi connectivity index (χ3v) is 3.13. The van der Waals surface area contributed by atoms with Gasteiger partial charge in [-0.2, -0.15) is 0 Å². The molecular formula is C11H14ClNO2. The first-order valence-electron chi connectivity index (χ1n) is 5.08. The number of furan rings is 1. The number of hydrogen-bond donors (Lipinski definition) is 0. The van der Waals surface area contributed by atoms with Gasteiger partial charge in [-0.1, -0.05) is 0 Å². The highest BCUT2D eigenvalue weighted by Gasteiger charge is 2.36. The van der Waals surface area contributed by atoms with Gasteiger partial charge in [-0.3, -0.25) is 4.79 Å². The number of rotatable bonds is 1. The highest BCUT2D eigenvalue weighted by Crippen LogP contribution is 2.30. The van der Waals surface area contributed by atoms with Crippen LogP contribution in [0.1, 0.15) is 37.2 Å². The highest BCUT2D eigenvalue weighted by atomic mass is 35.5. The molecule has 0 atom stereocenters. The molecule has 1 aromatic rings. The van der Waals surface area contributed by atoms with E-state index in [4.69, 9.17) is 16.0 Å². The van der Waals surface area contributed by atoms with Gasteiger partial charge in [0.2, 0.25) is 0 Å². The highest BCUT2D eigenvalue weighted by molar-refractivity contribution is 6.29. The van der Waals surface area contributed by atoms with E-state index < -0.39 is 0 Å². The Bertz CT molecular complexity index is 384. The van der Waals surface area contributed by atoms with Crippen molar-refractivity contribution < 1.29 is 9.21 Å². The maximum Gasteiger partial charge on any atom is 0.290 e. The summed E-state index contributed by atoms with van der Waals surface area (Å²) in [6.07, 6.45) is 2.08. The minimum absolute atomic E-state index is 0.0654. The van der Waals surface area contributed by atoms with E-state index in [2.05, 4.69) is 13.8 Å². The minimum atomic E-state index is -0.0731. The number of likely N-dealkylation sites (tertiary alicyclic amines) is 1. The molecule has 15 heavy (non-hydrogen) atoms. The van der Waals surface area contributed by atoms with Crippen LogP contribution in [0.25, 0.3) is 0 Å². The van der Waals surface area contributed by atoms with E-state index in [1.165, 1.54) is 0 Å². The third-order valence-electron chi connectivity index (χ3n) is 2.93. The van der Waals surface area contributed by atoms with Gasteiger partial charge in [-0.25, -0.2) is 0 Å². The molecule has 0 spiro atoms. The molecule has 2 rings (SSSR count). The van der Waals surface area contributed by atoms with Crippen LogP contribution in [0.5, 0.6) is 0 Å². The smallest absolute Gasteiger partial charge is 0.290 e. The fourth-order valence-corrected chi connectivity index (χ4v) is 2.19. The molecule has 0 unspecified atom stereocenters. The van der Waals surface area contributed by atoms with Gasteiger partial charge in [0, 0.05) is 12.1 Å². The van der Waals surface area contributed by atoms with Crippen LogP contribution >= 0.6 is 11.6 Å². The molecule has 4 heteroatoms. The molecule has 0 aromatic carbocycles. The summed E-state index contributed by atoms with van der Waals surface area (Å²) in [4.78, 5) is 13.9. The summed E-state index contributed by atoms with van der Waals surface area (Å²) in [6, 6.07) is 3.22. The maximum atomic E-state index is 12.0. The summed E-state index contributed by atoms with van der Waals surface area (Å²) in [5, 5.41) is 0.260. The summed E-state index contributed by atoms with van der Waals surface area (Å²) in [7, 11) is 0. The van der Waals surface area contributed by atoms with E-state index in [0.717, 1.165) is 19.4 Å². The van der Waals surface area contributed by atoms with Crippen LogP contribution in [-0.4, -0.2) is 22.9 Å². The summed E-state index contributed by atoms with van der Waals surface area (Å²) in [5.74, 6) is 0.263. The maximum absolute atomic E-state index is 12.0. The molecule has 3 nitrogen and oxygen atoms in total. The summed E-state index contributed by atoms with van der Waals surface area (Å²) in [6.45, 7) is 4.94. The van der Waals surface area contributed by atoms with Gasteiger partial charge in [0.25, 0.3) is 5.91 Å². The van der Waals surface area contributed by atoms with Crippen molar-refractivity contribution in [1.29, 1.82) is 0 Å². The average Bonchev–Trinajstić information content (AvgIpc) is 2.70. The van der Waals surface area contributed by atoms with Crippen molar-refractivity contribution in [3.8, 4) is 0 Å². The summed E-state index contributed by atoms with van der Waals surface area (Å²) < 4.78 is 5.13. The van der Waals surface area contributed by atoms with Crippen LogP contribution in [0, 0.1) is 0 Å². The Morgan fingerprint density at radius 1 is 1.53 bits per heavy atom. The number of hydrogen-bond acceptors (Lipinski definition) is 2. The lowest BCUT2D eigenvalue weighted by molar-refractivity contribution is 0.0619. The molecule has 1 aliphatic rings. The van der Waals surface area contributed by atoms with Crippen molar-refractivity contribution in [2.24, 2.45) is 0 Å². The number of nitrogens with zero attached hydrogens (tertiary/aromatic N) is 1. The average molecular weight is 228 g/mol. The molecule has 1 aliphatic heterocycles. The molecule has 1 amide bonds. The van der Waals surface area contributed by atoms with Gasteiger partial charge >= 0.3 is 0 Å². The summed E-state index contributed by atoms with van der Waals surface area (Å²) >= 11 is 5.64. The van der Waals surface area contributed by atoms with Gasteiger partial charge in [-0.15, -0.1) is 0 Å². The molecular weight excluding hydrogens is 214 g/mol. The van der Waals surface area contributed by atoms with E-state index in [0.29, 0.717) is 5.76 Å². The van der Waals surface area contributed by atoms with Crippen molar-refractivity contribution in [2.75, 3.05) is 6.54 Å². The fourth-order valence-electron chi connectivity index (χ4n) is 2.05. The molecule has 0 bridgehead atoms. The lowest BCUT2D eigenvalue weighted by atomic mass is 10.0. The zero-order valence-electron chi connectivity index (χ0n) is 8.92. The third kappa shape index (κ3) is 1.88. The van der Waals surface area contributed by atoms with Crippen molar-refractivity contribution in [3.05, 3.63) is 23.1 Å². The largest absolute Gasteiger partial charge is 0.440 e. The van der Waals surface area contributed by atoms with Crippen LogP contribution in [0.3, 0.4) is 0 Å². The van der Waals surface area contributed by atoms with Crippen LogP contribution in [0.4, 0.5) is 0 Å². The Morgan fingerprint density at radius 2 is 2.27 bits per heavy atom. The Labute approximate surface area is 94.0 Å². The Kier molecular flexibility index (Phi) is 2.51. The molecule has 0 aliphatic carbocycles. The predicted molar refractivity (Wildman–Crippen MR) is 58.1 cm³/mol. The van der Waals surface area contributed by atoms with Gasteiger partial charge < -0.3 is 9.32 Å². The molecule has 1 fully saturated rings. The number of carbonyl (C=O) groups is 1. The molecule has 82 valence electrons. The van der Waals surface area contributed by atoms with E-state index in [9.17, 15) is 4.79 Å². The monoisotopic (exact) mass is 227 g/mol. The van der Waals surface area contributed by atoms with E-state index >= 15 is 0 Å². The second-order valence-corrected chi connectivity index (χ2v) is 4.85. The van der Waals surface area contributed by atoms with Crippen LogP contribution in [0.2, 0.25) is 5.22 Å². The van der Waals surface area contributed by atoms with Crippen molar-refractivity contribution in [2.45, 2.75) is 32.2 Å². The molecule has 0 radical (unpaired) electrons. The first kappa shape index (κ1) is 10.6. The second-order valence-electron chi connectivity index (χ2n) is 4.48. The first-order chi connectivity index (χ1) is 7.00. The quantitative estimate of drug-likeness (QED) is 0.739. The minimum Gasteiger partial charge on any atom is -0.440 e. The lowest BCUT2D eigenvalue weighted by Crippen LogP contribution is -2.42. The predicted octanol–water partition coefficient (Wildman–Crippen LogP) is 2.95. The first-order valence-corrected chi connectivity index (χ1v) is 5.46. The van der Waals surface area contributed by atoms with E-state index in [1.807, 2.05) is 4.90 Å². The van der Waals surface area contributed by atoms with Crippen LogP contribution < -0.4 is 0 Å². The standard InChI is InChI=1S/C11H14ClNO2/c1-11(2)6-3-7-13(11)10(14)8-4-5-9(12)15-8/h4-5H,3,6-7H2,1-2H3. The normalized spacial score (nSPS) is 19.5. The topological polar surface area (TPSA) is 33.5 Å². The number of amides is 1. The molecule has 0 N–H and O–H groups in total. The Hall–Kier alpha value is -0.960. The van der Waals surface area contributed by atoms with Gasteiger partial charge in [0.15, 0.2) is 11.0 Å². The zero-order chi connectivity index (χ0) is 11.1. The number of carbonyl (C=O) groups excluding carboxylic acids is 1. The van der Waals surface area contributed by atoms with Gasteiger partial charge in [-0.05, 0) is 50.4 Å². The van der Waals surface area contributed by atoms with Crippen molar-refractivity contribution in [1.82, 2.24) is 4.90 Å². The molecule has 1 saturated heterocycles. The van der Waals surface area contributed by atoms with E-state index in [1.54, 1.807) is 12.1 Å². The fraction of sp³-hybridized carbons (Fsp3) is 0.545. The SMILES string of the molecule is CC1(C)CCCN1C(=O)c1ccc(Cl)o1. The van der Waals surface area contributed by atoms with E-state index in [-0.39, 0.29) is 16.7 Å².